The second-order valence-corrected chi connectivity index (χ2v) is 5.28. The van der Waals surface area contributed by atoms with Gasteiger partial charge in [-0.1, -0.05) is 39.7 Å². The fourth-order valence-electron chi connectivity index (χ4n) is 1.58. The zero-order valence-corrected chi connectivity index (χ0v) is 12.4. The van der Waals surface area contributed by atoms with Gasteiger partial charge < -0.3 is 5.32 Å². The monoisotopic (exact) mass is 339 g/mol. The maximum atomic E-state index is 12.0. The standard InChI is InChI=1S/C13H11BrClN3O/c1-8(9-3-2-4-10(14)5-9)17-13(19)11-6-16-7-12(15)18-11/h2-8H,1H3,(H,17,19). The van der Waals surface area contributed by atoms with Crippen molar-refractivity contribution in [2.75, 3.05) is 0 Å². The molecule has 6 heteroatoms. The quantitative estimate of drug-likeness (QED) is 0.932. The number of hydrogen-bond donors (Lipinski definition) is 1. The maximum absolute atomic E-state index is 12.0. The first-order chi connectivity index (χ1) is 9.06. The molecule has 0 aliphatic rings. The molecule has 0 saturated heterocycles. The van der Waals surface area contributed by atoms with Crippen molar-refractivity contribution in [3.63, 3.8) is 0 Å². The number of aromatic nitrogens is 2. The fourth-order valence-corrected chi connectivity index (χ4v) is 2.15. The van der Waals surface area contributed by atoms with E-state index in [2.05, 4.69) is 31.2 Å². The van der Waals surface area contributed by atoms with E-state index in [0.717, 1.165) is 10.0 Å². The number of hydrogen-bond acceptors (Lipinski definition) is 3. The third kappa shape index (κ3) is 3.75. The van der Waals surface area contributed by atoms with Crippen molar-refractivity contribution >= 4 is 33.4 Å². The highest BCUT2D eigenvalue weighted by Gasteiger charge is 2.13. The number of rotatable bonds is 3. The molecule has 0 radical (unpaired) electrons. The fraction of sp³-hybridized carbons (Fsp3) is 0.154. The van der Waals surface area contributed by atoms with Crippen LogP contribution in [0.2, 0.25) is 5.15 Å². The molecule has 0 spiro atoms. The first-order valence-corrected chi connectivity index (χ1v) is 6.77. The van der Waals surface area contributed by atoms with E-state index in [1.54, 1.807) is 0 Å². The van der Waals surface area contributed by atoms with Crippen molar-refractivity contribution in [2.45, 2.75) is 13.0 Å². The van der Waals surface area contributed by atoms with Crippen molar-refractivity contribution in [1.29, 1.82) is 0 Å². The van der Waals surface area contributed by atoms with Crippen LogP contribution in [0.25, 0.3) is 0 Å². The van der Waals surface area contributed by atoms with E-state index in [9.17, 15) is 4.79 Å². The van der Waals surface area contributed by atoms with Gasteiger partial charge in [0.15, 0.2) is 0 Å². The summed E-state index contributed by atoms with van der Waals surface area (Å²) >= 11 is 9.10. The van der Waals surface area contributed by atoms with Crippen molar-refractivity contribution in [2.24, 2.45) is 0 Å². The third-order valence-electron chi connectivity index (χ3n) is 2.53. The van der Waals surface area contributed by atoms with Crippen LogP contribution in [-0.2, 0) is 0 Å². The van der Waals surface area contributed by atoms with Gasteiger partial charge in [0.2, 0.25) is 0 Å². The molecule has 1 amide bonds. The highest BCUT2D eigenvalue weighted by atomic mass is 79.9. The minimum absolute atomic E-state index is 0.134. The molecule has 1 N–H and O–H groups in total. The Balaban J connectivity index is 2.11. The second-order valence-electron chi connectivity index (χ2n) is 3.98. The molecule has 1 aromatic carbocycles. The summed E-state index contributed by atoms with van der Waals surface area (Å²) in [5.41, 5.74) is 1.20. The Labute approximate surface area is 124 Å². The van der Waals surface area contributed by atoms with E-state index < -0.39 is 0 Å². The van der Waals surface area contributed by atoms with Crippen LogP contribution in [0.1, 0.15) is 29.0 Å². The number of nitrogens with one attached hydrogen (secondary N) is 1. The van der Waals surface area contributed by atoms with E-state index in [0.29, 0.717) is 0 Å². The highest BCUT2D eigenvalue weighted by Crippen LogP contribution is 2.18. The van der Waals surface area contributed by atoms with Gasteiger partial charge in [-0.15, -0.1) is 0 Å². The minimum Gasteiger partial charge on any atom is -0.344 e. The molecule has 2 aromatic rings. The number of halogens is 2. The van der Waals surface area contributed by atoms with Crippen LogP contribution >= 0.6 is 27.5 Å². The lowest BCUT2D eigenvalue weighted by atomic mass is 10.1. The van der Waals surface area contributed by atoms with Gasteiger partial charge in [-0.05, 0) is 24.6 Å². The lowest BCUT2D eigenvalue weighted by Gasteiger charge is -2.14. The smallest absolute Gasteiger partial charge is 0.272 e. The maximum Gasteiger partial charge on any atom is 0.272 e. The molecule has 0 aliphatic carbocycles. The molecule has 98 valence electrons. The van der Waals surface area contributed by atoms with Crippen LogP contribution in [0.5, 0.6) is 0 Å². The largest absolute Gasteiger partial charge is 0.344 e. The third-order valence-corrected chi connectivity index (χ3v) is 3.21. The first-order valence-electron chi connectivity index (χ1n) is 5.60. The van der Waals surface area contributed by atoms with Gasteiger partial charge in [0, 0.05) is 4.47 Å². The second kappa shape index (κ2) is 6.12. The van der Waals surface area contributed by atoms with Gasteiger partial charge in [-0.3, -0.25) is 9.78 Å². The molecule has 1 atom stereocenters. The van der Waals surface area contributed by atoms with Crippen LogP contribution in [0.15, 0.2) is 41.1 Å². The van der Waals surface area contributed by atoms with Gasteiger partial charge in [-0.2, -0.15) is 0 Å². The topological polar surface area (TPSA) is 54.9 Å². The number of amides is 1. The van der Waals surface area contributed by atoms with E-state index in [1.807, 2.05) is 31.2 Å². The predicted molar refractivity (Wildman–Crippen MR) is 77.1 cm³/mol. The molecule has 19 heavy (non-hydrogen) atoms. The summed E-state index contributed by atoms with van der Waals surface area (Å²) in [6.45, 7) is 1.90. The molecule has 0 bridgehead atoms. The molecule has 0 fully saturated rings. The summed E-state index contributed by atoms with van der Waals surface area (Å²) in [6, 6.07) is 7.61. The summed E-state index contributed by atoms with van der Waals surface area (Å²) in [6.07, 6.45) is 2.77. The Bertz CT molecular complexity index is 606. The summed E-state index contributed by atoms with van der Waals surface area (Å²) in [5, 5.41) is 3.04. The number of carbonyl (C=O) groups is 1. The highest BCUT2D eigenvalue weighted by molar-refractivity contribution is 9.10. The molecule has 1 heterocycles. The van der Waals surface area contributed by atoms with Gasteiger partial charge >= 0.3 is 0 Å². The SMILES string of the molecule is CC(NC(=O)c1cncc(Cl)n1)c1cccc(Br)c1. The Hall–Kier alpha value is -1.46. The van der Waals surface area contributed by atoms with Crippen LogP contribution in [-0.4, -0.2) is 15.9 Å². The van der Waals surface area contributed by atoms with Crippen LogP contribution < -0.4 is 5.32 Å². The van der Waals surface area contributed by atoms with Crippen molar-refractivity contribution in [3.05, 3.63) is 57.5 Å². The van der Waals surface area contributed by atoms with Crippen LogP contribution in [0.4, 0.5) is 0 Å². The number of carbonyl (C=O) groups excluding carboxylic acids is 1. The number of benzene rings is 1. The molecule has 2 rings (SSSR count). The first kappa shape index (κ1) is 14.0. The van der Waals surface area contributed by atoms with Crippen LogP contribution in [0.3, 0.4) is 0 Å². The lowest BCUT2D eigenvalue weighted by molar-refractivity contribution is 0.0934. The zero-order valence-electron chi connectivity index (χ0n) is 10.1. The molecular weight excluding hydrogens is 330 g/mol. The molecular formula is C13H11BrClN3O. The zero-order chi connectivity index (χ0) is 13.8. The van der Waals surface area contributed by atoms with E-state index in [4.69, 9.17) is 11.6 Å². The van der Waals surface area contributed by atoms with Crippen molar-refractivity contribution in [1.82, 2.24) is 15.3 Å². The summed E-state index contributed by atoms with van der Waals surface area (Å²) in [5.74, 6) is -0.303. The Morgan fingerprint density at radius 2 is 2.21 bits per heavy atom. The Morgan fingerprint density at radius 1 is 1.42 bits per heavy atom. The average Bonchev–Trinajstić information content (AvgIpc) is 2.38. The molecule has 4 nitrogen and oxygen atoms in total. The minimum atomic E-state index is -0.303. The molecule has 0 aliphatic heterocycles. The van der Waals surface area contributed by atoms with E-state index in [1.165, 1.54) is 12.4 Å². The predicted octanol–water partition coefficient (Wildman–Crippen LogP) is 3.38. The molecule has 1 unspecified atom stereocenters. The summed E-state index contributed by atoms with van der Waals surface area (Å²) in [4.78, 5) is 19.7. The van der Waals surface area contributed by atoms with Gasteiger partial charge in [0.1, 0.15) is 10.8 Å². The lowest BCUT2D eigenvalue weighted by Crippen LogP contribution is -2.27. The van der Waals surface area contributed by atoms with Gasteiger partial charge in [0.05, 0.1) is 18.4 Å². The van der Waals surface area contributed by atoms with Crippen LogP contribution in [0, 0.1) is 0 Å². The molecule has 0 saturated carbocycles. The van der Waals surface area contributed by atoms with Crippen molar-refractivity contribution in [3.8, 4) is 0 Å². The molecule has 1 aromatic heterocycles. The normalized spacial score (nSPS) is 11.9. The van der Waals surface area contributed by atoms with E-state index in [-0.39, 0.29) is 22.8 Å². The van der Waals surface area contributed by atoms with Crippen molar-refractivity contribution < 1.29 is 4.79 Å². The average molecular weight is 341 g/mol. The number of nitrogens with zero attached hydrogens (tertiary/aromatic N) is 2. The Kier molecular flexibility index (Phi) is 4.50. The van der Waals surface area contributed by atoms with Gasteiger partial charge in [0.25, 0.3) is 5.91 Å². The Morgan fingerprint density at radius 3 is 2.89 bits per heavy atom. The van der Waals surface area contributed by atoms with Gasteiger partial charge in [-0.25, -0.2) is 4.98 Å². The summed E-state index contributed by atoms with van der Waals surface area (Å²) in [7, 11) is 0. The van der Waals surface area contributed by atoms with E-state index >= 15 is 0 Å². The summed E-state index contributed by atoms with van der Waals surface area (Å²) < 4.78 is 0.966.